The van der Waals surface area contributed by atoms with Gasteiger partial charge in [-0.25, -0.2) is 9.78 Å². The Kier molecular flexibility index (Phi) is 4.25. The Morgan fingerprint density at radius 1 is 1.04 bits per heavy atom. The monoisotopic (exact) mass is 360 g/mol. The highest BCUT2D eigenvalue weighted by Crippen LogP contribution is 2.31. The number of aromatic carboxylic acids is 1. The molecule has 0 unspecified atom stereocenters. The molecule has 0 aliphatic carbocycles. The van der Waals surface area contributed by atoms with Crippen molar-refractivity contribution in [2.24, 2.45) is 0 Å². The average molecular weight is 360 g/mol. The van der Waals surface area contributed by atoms with E-state index in [1.54, 1.807) is 37.5 Å². The molecule has 0 saturated carbocycles. The Bertz CT molecular complexity index is 1080. The first kappa shape index (κ1) is 16.7. The molecule has 2 aromatic heterocycles. The van der Waals surface area contributed by atoms with Gasteiger partial charge in [-0.15, -0.1) is 10.2 Å². The lowest BCUT2D eigenvalue weighted by Crippen LogP contribution is -2.02. The third-order valence-electron chi connectivity index (χ3n) is 4.16. The van der Waals surface area contributed by atoms with Crippen LogP contribution in [0.2, 0.25) is 0 Å². The number of imidazole rings is 1. The van der Waals surface area contributed by atoms with Crippen LogP contribution in [-0.2, 0) is 6.54 Å². The molecule has 7 heteroatoms. The van der Waals surface area contributed by atoms with Gasteiger partial charge in [-0.1, -0.05) is 42.5 Å². The zero-order valence-corrected chi connectivity index (χ0v) is 14.5. The van der Waals surface area contributed by atoms with Gasteiger partial charge in [-0.3, -0.25) is 0 Å². The number of rotatable bonds is 5. The predicted molar refractivity (Wildman–Crippen MR) is 98.2 cm³/mol. The molecule has 0 bridgehead atoms. The average Bonchev–Trinajstić information content (AvgIpc) is 3.29. The van der Waals surface area contributed by atoms with Crippen molar-refractivity contribution in [2.75, 3.05) is 0 Å². The van der Waals surface area contributed by atoms with E-state index in [1.165, 1.54) is 0 Å². The molecule has 0 aliphatic heterocycles. The van der Waals surface area contributed by atoms with Crippen molar-refractivity contribution in [2.45, 2.75) is 13.5 Å². The number of carboxylic acids is 1. The number of carboxylic acid groups (broad SMARTS) is 1. The van der Waals surface area contributed by atoms with Crippen LogP contribution in [0.5, 0.6) is 0 Å². The van der Waals surface area contributed by atoms with Crippen molar-refractivity contribution in [3.63, 3.8) is 0 Å². The molecule has 0 atom stereocenters. The first-order valence-electron chi connectivity index (χ1n) is 8.35. The molecule has 2 aromatic carbocycles. The van der Waals surface area contributed by atoms with Crippen LogP contribution in [0.4, 0.5) is 0 Å². The number of hydrogen-bond acceptors (Lipinski definition) is 5. The number of benzene rings is 2. The minimum atomic E-state index is -0.959. The number of nitrogens with zero attached hydrogens (tertiary/aromatic N) is 4. The maximum atomic E-state index is 11.2. The van der Waals surface area contributed by atoms with E-state index in [0.29, 0.717) is 18.3 Å². The number of carbonyl (C=O) groups is 1. The lowest BCUT2D eigenvalue weighted by molar-refractivity contribution is 0.0697. The fourth-order valence-electron chi connectivity index (χ4n) is 2.93. The highest BCUT2D eigenvalue weighted by atomic mass is 16.4. The first-order chi connectivity index (χ1) is 13.1. The molecule has 27 heavy (non-hydrogen) atoms. The van der Waals surface area contributed by atoms with Crippen LogP contribution in [0.15, 0.2) is 65.3 Å². The third-order valence-corrected chi connectivity index (χ3v) is 4.16. The molecular formula is C20H16N4O3. The minimum absolute atomic E-state index is 0.235. The molecule has 0 spiro atoms. The van der Waals surface area contributed by atoms with Crippen LogP contribution < -0.4 is 0 Å². The van der Waals surface area contributed by atoms with Crippen molar-refractivity contribution < 1.29 is 14.3 Å². The van der Waals surface area contributed by atoms with Crippen molar-refractivity contribution in [3.05, 3.63) is 78.3 Å². The molecular weight excluding hydrogens is 344 g/mol. The molecule has 4 aromatic rings. The summed E-state index contributed by atoms with van der Waals surface area (Å²) in [5.41, 5.74) is 3.71. The summed E-state index contributed by atoms with van der Waals surface area (Å²) >= 11 is 0. The molecule has 4 rings (SSSR count). The Labute approximate surface area is 154 Å². The zero-order chi connectivity index (χ0) is 18.8. The molecule has 1 N–H and O–H groups in total. The first-order valence-corrected chi connectivity index (χ1v) is 8.35. The van der Waals surface area contributed by atoms with Crippen LogP contribution in [0.3, 0.4) is 0 Å². The van der Waals surface area contributed by atoms with Crippen molar-refractivity contribution in [1.29, 1.82) is 0 Å². The van der Waals surface area contributed by atoms with Crippen molar-refractivity contribution in [1.82, 2.24) is 19.7 Å². The summed E-state index contributed by atoms with van der Waals surface area (Å²) in [5.74, 6) is 0.0216. The maximum Gasteiger partial charge on any atom is 0.335 e. The molecule has 134 valence electrons. The Morgan fingerprint density at radius 2 is 1.78 bits per heavy atom. The fourth-order valence-corrected chi connectivity index (χ4v) is 2.93. The highest BCUT2D eigenvalue weighted by molar-refractivity contribution is 5.89. The highest BCUT2D eigenvalue weighted by Gasteiger charge is 2.17. The van der Waals surface area contributed by atoms with E-state index in [-0.39, 0.29) is 5.56 Å². The van der Waals surface area contributed by atoms with Crippen LogP contribution in [0, 0.1) is 6.92 Å². The van der Waals surface area contributed by atoms with Crippen LogP contribution in [0.25, 0.3) is 22.5 Å². The van der Waals surface area contributed by atoms with Crippen molar-refractivity contribution >= 4 is 5.97 Å². The number of hydrogen-bond donors (Lipinski definition) is 1. The van der Waals surface area contributed by atoms with E-state index in [9.17, 15) is 4.79 Å². The Balaban J connectivity index is 1.82. The second-order valence-corrected chi connectivity index (χ2v) is 6.03. The maximum absolute atomic E-state index is 11.2. The summed E-state index contributed by atoms with van der Waals surface area (Å²) in [4.78, 5) is 15.7. The molecule has 0 saturated heterocycles. The third kappa shape index (κ3) is 3.35. The van der Waals surface area contributed by atoms with Crippen molar-refractivity contribution in [3.8, 4) is 22.5 Å². The van der Waals surface area contributed by atoms with E-state index in [0.717, 1.165) is 22.5 Å². The summed E-state index contributed by atoms with van der Waals surface area (Å²) in [5, 5.41) is 17.1. The fraction of sp³-hybridized carbons (Fsp3) is 0.100. The summed E-state index contributed by atoms with van der Waals surface area (Å²) < 4.78 is 7.42. The van der Waals surface area contributed by atoms with E-state index >= 15 is 0 Å². The van der Waals surface area contributed by atoms with Gasteiger partial charge in [0, 0.05) is 18.1 Å². The van der Waals surface area contributed by atoms with E-state index < -0.39 is 5.97 Å². The molecule has 7 nitrogen and oxygen atoms in total. The van der Waals surface area contributed by atoms with Gasteiger partial charge < -0.3 is 14.1 Å². The lowest BCUT2D eigenvalue weighted by atomic mass is 10.0. The summed E-state index contributed by atoms with van der Waals surface area (Å²) in [6.45, 7) is 2.11. The zero-order valence-electron chi connectivity index (χ0n) is 14.5. The van der Waals surface area contributed by atoms with Gasteiger partial charge in [0.15, 0.2) is 0 Å². The quantitative estimate of drug-likeness (QED) is 0.584. The van der Waals surface area contributed by atoms with Gasteiger partial charge in [0.25, 0.3) is 0 Å². The number of aromatic nitrogens is 4. The molecule has 2 heterocycles. The SMILES string of the molecule is Cc1nnc(Cn2cnc(-c3ccccc3)c2-c2ccc(C(=O)O)cc2)o1. The van der Waals surface area contributed by atoms with Gasteiger partial charge in [-0.05, 0) is 12.1 Å². The summed E-state index contributed by atoms with van der Waals surface area (Å²) in [7, 11) is 0. The standard InChI is InChI=1S/C20H16N4O3/c1-13-22-23-17(27-13)11-24-12-21-18(14-5-3-2-4-6-14)19(24)15-7-9-16(10-8-15)20(25)26/h2-10,12H,11H2,1H3,(H,25,26). The largest absolute Gasteiger partial charge is 0.478 e. The van der Waals surface area contributed by atoms with Gasteiger partial charge >= 0.3 is 5.97 Å². The predicted octanol–water partition coefficient (Wildman–Crippen LogP) is 3.66. The molecule has 0 aliphatic rings. The van der Waals surface area contributed by atoms with Crippen LogP contribution in [0.1, 0.15) is 22.1 Å². The van der Waals surface area contributed by atoms with Crippen LogP contribution in [-0.4, -0.2) is 30.8 Å². The second kappa shape index (κ2) is 6.87. The van der Waals surface area contributed by atoms with Gasteiger partial charge in [0.1, 0.15) is 6.54 Å². The van der Waals surface area contributed by atoms with E-state index in [2.05, 4.69) is 15.2 Å². The Morgan fingerprint density at radius 3 is 2.41 bits per heavy atom. The Hall–Kier alpha value is -3.74. The van der Waals surface area contributed by atoms with E-state index in [1.807, 2.05) is 34.9 Å². The summed E-state index contributed by atoms with van der Waals surface area (Å²) in [6.07, 6.45) is 1.72. The van der Waals surface area contributed by atoms with Gasteiger partial charge in [-0.2, -0.15) is 0 Å². The molecule has 0 radical (unpaired) electrons. The summed E-state index contributed by atoms with van der Waals surface area (Å²) in [6, 6.07) is 16.5. The minimum Gasteiger partial charge on any atom is -0.478 e. The smallest absolute Gasteiger partial charge is 0.335 e. The van der Waals surface area contributed by atoms with Gasteiger partial charge in [0.05, 0.1) is 23.3 Å². The lowest BCUT2D eigenvalue weighted by Gasteiger charge is -2.09. The van der Waals surface area contributed by atoms with E-state index in [4.69, 9.17) is 9.52 Å². The molecule has 0 amide bonds. The number of aryl methyl sites for hydroxylation is 1. The van der Waals surface area contributed by atoms with Crippen LogP contribution >= 0.6 is 0 Å². The normalized spacial score (nSPS) is 10.9. The topological polar surface area (TPSA) is 94.0 Å². The second-order valence-electron chi connectivity index (χ2n) is 6.03. The molecule has 0 fully saturated rings. The van der Waals surface area contributed by atoms with Gasteiger partial charge in [0.2, 0.25) is 11.8 Å².